The van der Waals surface area contributed by atoms with Crippen molar-refractivity contribution in [2.24, 2.45) is 0 Å². The zero-order valence-corrected chi connectivity index (χ0v) is 21.1. The first-order chi connectivity index (χ1) is 16.1. The molecule has 0 saturated heterocycles. The highest BCUT2D eigenvalue weighted by molar-refractivity contribution is 7.92. The van der Waals surface area contributed by atoms with Crippen molar-refractivity contribution in [3.05, 3.63) is 77.4 Å². The van der Waals surface area contributed by atoms with Crippen LogP contribution in [0.5, 0.6) is 5.75 Å². The van der Waals surface area contributed by atoms with Crippen molar-refractivity contribution >= 4 is 57.9 Å². The minimum Gasteiger partial charge on any atom is -0.494 e. The minimum absolute atomic E-state index is 0.0976. The van der Waals surface area contributed by atoms with E-state index in [1.54, 1.807) is 42.5 Å². The molecule has 0 aliphatic rings. The van der Waals surface area contributed by atoms with Crippen molar-refractivity contribution in [1.82, 2.24) is 5.32 Å². The maximum Gasteiger partial charge on any atom is 0.261 e. The van der Waals surface area contributed by atoms with E-state index in [1.165, 1.54) is 12.1 Å². The van der Waals surface area contributed by atoms with Gasteiger partial charge in [0.15, 0.2) is 5.11 Å². The fourth-order valence-electron chi connectivity index (χ4n) is 3.18. The van der Waals surface area contributed by atoms with Gasteiger partial charge in [0.25, 0.3) is 15.9 Å². The van der Waals surface area contributed by atoms with Crippen LogP contribution >= 0.6 is 12.2 Å². The third-order valence-corrected chi connectivity index (χ3v) is 6.75. The number of thiocarbonyl (C=S) groups is 1. The van der Waals surface area contributed by atoms with Gasteiger partial charge in [-0.25, -0.2) is 8.42 Å². The van der Waals surface area contributed by atoms with Gasteiger partial charge in [0, 0.05) is 16.9 Å². The zero-order valence-electron chi connectivity index (χ0n) is 19.4. The Bertz CT molecular complexity index is 1330. The summed E-state index contributed by atoms with van der Waals surface area (Å²) in [4.78, 5) is 12.6. The number of anilines is 2. The normalized spacial score (nSPS) is 10.9. The van der Waals surface area contributed by atoms with Gasteiger partial charge in [-0.05, 0) is 98.1 Å². The van der Waals surface area contributed by atoms with E-state index < -0.39 is 10.0 Å². The minimum atomic E-state index is -3.75. The Balaban J connectivity index is 1.62. The van der Waals surface area contributed by atoms with Crippen molar-refractivity contribution in [2.45, 2.75) is 25.7 Å². The number of sulfonamides is 1. The van der Waals surface area contributed by atoms with E-state index in [-0.39, 0.29) is 15.9 Å². The number of benzene rings is 3. The van der Waals surface area contributed by atoms with E-state index in [4.69, 9.17) is 17.0 Å². The number of amides is 1. The molecule has 0 spiro atoms. The summed E-state index contributed by atoms with van der Waals surface area (Å²) >= 11 is 5.23. The fraction of sp³-hybridized carbons (Fsp3) is 0.167. The number of nitrogens with one attached hydrogen (secondary N) is 3. The van der Waals surface area contributed by atoms with Gasteiger partial charge in [0.1, 0.15) is 13.6 Å². The van der Waals surface area contributed by atoms with Crippen LogP contribution in [0.15, 0.2) is 65.6 Å². The number of hydrogen-bond donors (Lipinski definition) is 3. The van der Waals surface area contributed by atoms with Crippen LogP contribution in [-0.2, 0) is 10.0 Å². The summed E-state index contributed by atoms with van der Waals surface area (Å²) in [7, 11) is -1.88. The molecule has 0 atom stereocenters. The Labute approximate surface area is 206 Å². The van der Waals surface area contributed by atoms with E-state index in [9.17, 15) is 13.2 Å². The van der Waals surface area contributed by atoms with Gasteiger partial charge < -0.3 is 10.1 Å². The van der Waals surface area contributed by atoms with Gasteiger partial charge in [-0.1, -0.05) is 12.1 Å². The lowest BCUT2D eigenvalue weighted by Gasteiger charge is -2.13. The Kier molecular flexibility index (Phi) is 7.96. The molecule has 10 heteroatoms. The average molecular weight is 495 g/mol. The molecule has 3 aromatic rings. The highest BCUT2D eigenvalue weighted by Gasteiger charge is 2.15. The topological polar surface area (TPSA) is 96.5 Å². The Morgan fingerprint density at radius 2 is 1.65 bits per heavy atom. The summed E-state index contributed by atoms with van der Waals surface area (Å²) in [6, 6.07) is 16.6. The lowest BCUT2D eigenvalue weighted by molar-refractivity contribution is 0.0978. The molecule has 0 heterocycles. The van der Waals surface area contributed by atoms with Crippen molar-refractivity contribution < 1.29 is 17.9 Å². The molecule has 0 fully saturated rings. The zero-order chi connectivity index (χ0) is 24.9. The van der Waals surface area contributed by atoms with Crippen LogP contribution in [0.25, 0.3) is 0 Å². The Morgan fingerprint density at radius 1 is 0.971 bits per heavy atom. The van der Waals surface area contributed by atoms with Crippen molar-refractivity contribution in [3.8, 4) is 5.75 Å². The van der Waals surface area contributed by atoms with Crippen LogP contribution in [0, 0.1) is 13.8 Å². The summed E-state index contributed by atoms with van der Waals surface area (Å²) in [5.41, 5.74) is 4.41. The molecule has 0 bridgehead atoms. The molecule has 0 aliphatic carbocycles. The van der Waals surface area contributed by atoms with Crippen LogP contribution in [0.3, 0.4) is 0 Å². The third-order valence-electron chi connectivity index (χ3n) is 5.15. The molecule has 0 unspecified atom stereocenters. The maximum atomic E-state index is 12.7. The van der Waals surface area contributed by atoms with Gasteiger partial charge in [0.2, 0.25) is 0 Å². The fourth-order valence-corrected chi connectivity index (χ4v) is 4.44. The number of ether oxygens (including phenoxy) is 1. The molecule has 1 amide bonds. The summed E-state index contributed by atoms with van der Waals surface area (Å²) in [6.07, 6.45) is 0. The molecular weight excluding hydrogens is 469 g/mol. The highest BCUT2D eigenvalue weighted by atomic mass is 32.2. The predicted molar refractivity (Wildman–Crippen MR) is 143 cm³/mol. The Morgan fingerprint density at radius 3 is 2.26 bits per heavy atom. The second kappa shape index (κ2) is 10.7. The number of carbonyl (C=O) groups excluding carboxylic acids is 1. The first kappa shape index (κ1) is 25.3. The van der Waals surface area contributed by atoms with E-state index in [1.807, 2.05) is 34.7 Å². The van der Waals surface area contributed by atoms with Gasteiger partial charge in [-0.3, -0.25) is 14.8 Å². The molecule has 3 N–H and O–H groups in total. The molecule has 0 radical (unpaired) electrons. The number of rotatable bonds is 7. The number of hydrogen-bond acceptors (Lipinski definition) is 5. The average Bonchev–Trinajstić information content (AvgIpc) is 2.78. The number of aryl methyl sites for hydroxylation is 2. The molecule has 176 valence electrons. The molecule has 7 nitrogen and oxygen atoms in total. The van der Waals surface area contributed by atoms with Crippen LogP contribution < -0.4 is 25.6 Å². The molecule has 3 aromatic carbocycles. The molecule has 0 aromatic heterocycles. The van der Waals surface area contributed by atoms with Crippen LogP contribution in [-0.4, -0.2) is 33.9 Å². The van der Waals surface area contributed by atoms with E-state index in [0.29, 0.717) is 23.5 Å². The van der Waals surface area contributed by atoms with Gasteiger partial charge in [-0.2, -0.15) is 0 Å². The molecule has 0 aliphatic heterocycles. The highest BCUT2D eigenvalue weighted by Crippen LogP contribution is 2.20. The molecular formula is C24H26BN3O4S2. The molecule has 34 heavy (non-hydrogen) atoms. The summed E-state index contributed by atoms with van der Waals surface area (Å²) in [6.45, 7) is 6.33. The third kappa shape index (κ3) is 6.36. The second-order valence-electron chi connectivity index (χ2n) is 7.75. The first-order valence-electron chi connectivity index (χ1n) is 10.6. The van der Waals surface area contributed by atoms with Crippen molar-refractivity contribution in [2.75, 3.05) is 16.6 Å². The van der Waals surface area contributed by atoms with Gasteiger partial charge in [-0.15, -0.1) is 0 Å². The van der Waals surface area contributed by atoms with E-state index >= 15 is 0 Å². The lowest BCUT2D eigenvalue weighted by Crippen LogP contribution is -2.34. The van der Waals surface area contributed by atoms with Gasteiger partial charge >= 0.3 is 0 Å². The monoisotopic (exact) mass is 495 g/mol. The first-order valence-corrected chi connectivity index (χ1v) is 12.5. The van der Waals surface area contributed by atoms with Gasteiger partial charge in [0.05, 0.1) is 11.5 Å². The maximum absolute atomic E-state index is 12.7. The lowest BCUT2D eigenvalue weighted by atomic mass is 9.93. The number of carbonyl (C=O) groups is 1. The standard InChI is InChI=1S/C24H26BN3O4S2/c1-4-32-22-12-6-17(14-21(22)25)23(29)27-24(33)26-18-8-10-20(11-9-18)34(30,31)28-19-7-5-15(2)16(3)13-19/h5-14,28H,4,25H2,1-3H3,(H2,26,27,29,33). The Hall–Kier alpha value is -3.37. The summed E-state index contributed by atoms with van der Waals surface area (Å²) in [5, 5.41) is 5.61. The smallest absolute Gasteiger partial charge is 0.261 e. The van der Waals surface area contributed by atoms with Crippen LogP contribution in [0.2, 0.25) is 0 Å². The summed E-state index contributed by atoms with van der Waals surface area (Å²) < 4.78 is 33.5. The largest absolute Gasteiger partial charge is 0.494 e. The van der Waals surface area contributed by atoms with Crippen LogP contribution in [0.4, 0.5) is 11.4 Å². The second-order valence-corrected chi connectivity index (χ2v) is 9.84. The molecule has 0 saturated carbocycles. The molecule has 3 rings (SSSR count). The van der Waals surface area contributed by atoms with E-state index in [2.05, 4.69) is 15.4 Å². The van der Waals surface area contributed by atoms with Crippen molar-refractivity contribution in [1.29, 1.82) is 0 Å². The SMILES string of the molecule is Bc1cc(C(=O)NC(=S)Nc2ccc(S(=O)(=O)Nc3ccc(C)c(C)c3)cc2)ccc1OCC. The van der Waals surface area contributed by atoms with Crippen LogP contribution in [0.1, 0.15) is 28.4 Å². The summed E-state index contributed by atoms with van der Waals surface area (Å²) in [5.74, 6) is 0.363. The quantitative estimate of drug-likeness (QED) is 0.345. The van der Waals surface area contributed by atoms with Crippen molar-refractivity contribution in [3.63, 3.8) is 0 Å². The van der Waals surface area contributed by atoms with E-state index in [0.717, 1.165) is 22.3 Å². The predicted octanol–water partition coefficient (Wildman–Crippen LogP) is 2.89.